The number of hydrogen-bond donors (Lipinski definition) is 1. The number of rotatable bonds is 5. The number of anilines is 1. The van der Waals surface area contributed by atoms with Gasteiger partial charge >= 0.3 is 0 Å². The Morgan fingerprint density at radius 1 is 1.12 bits per heavy atom. The molecule has 172 valence electrons. The van der Waals surface area contributed by atoms with Crippen LogP contribution in [-0.4, -0.2) is 65.3 Å². The second-order valence-corrected chi connectivity index (χ2v) is 8.95. The van der Waals surface area contributed by atoms with Crippen LogP contribution in [0.4, 0.5) is 10.3 Å². The van der Waals surface area contributed by atoms with Crippen molar-refractivity contribution in [2.45, 2.75) is 12.5 Å². The molecule has 1 fully saturated rings. The monoisotopic (exact) mass is 512 g/mol. The number of hydrogen-bond acceptors (Lipinski definition) is 6. The molecule has 0 bridgehead atoms. The van der Waals surface area contributed by atoms with E-state index in [4.69, 9.17) is 5.73 Å². The topological polar surface area (TPSA) is 87.9 Å². The molecular weight excluding hydrogens is 487 g/mol. The zero-order valence-corrected chi connectivity index (χ0v) is 20.2. The summed E-state index contributed by atoms with van der Waals surface area (Å²) in [5.41, 5.74) is 8.16. The second kappa shape index (κ2) is 9.40. The molecule has 1 unspecified atom stereocenters. The Balaban J connectivity index is 1.45. The lowest BCUT2D eigenvalue weighted by Gasteiger charge is -2.36. The van der Waals surface area contributed by atoms with Gasteiger partial charge < -0.3 is 15.5 Å². The SMILES string of the molecule is C=Nn1cc(Br)cc1C(=NC)N1CCN(c2ncc(C(C)(N)c3ccc(F)cc3)cn2)CC1. The van der Waals surface area contributed by atoms with Crippen LogP contribution in [0.15, 0.2) is 63.5 Å². The lowest BCUT2D eigenvalue weighted by molar-refractivity contribution is 0.381. The van der Waals surface area contributed by atoms with Crippen LogP contribution in [0.5, 0.6) is 0 Å². The van der Waals surface area contributed by atoms with Crippen LogP contribution < -0.4 is 10.6 Å². The van der Waals surface area contributed by atoms with Gasteiger partial charge in [-0.25, -0.2) is 19.0 Å². The van der Waals surface area contributed by atoms with Gasteiger partial charge in [-0.1, -0.05) is 12.1 Å². The fraction of sp³-hybridized carbons (Fsp3) is 0.304. The van der Waals surface area contributed by atoms with Crippen LogP contribution in [0.25, 0.3) is 0 Å². The van der Waals surface area contributed by atoms with Crippen LogP contribution in [0.3, 0.4) is 0 Å². The number of nitrogens with zero attached hydrogens (tertiary/aromatic N) is 7. The maximum Gasteiger partial charge on any atom is 0.225 e. The lowest BCUT2D eigenvalue weighted by Crippen LogP contribution is -2.49. The third-order valence-electron chi connectivity index (χ3n) is 5.90. The van der Waals surface area contributed by atoms with E-state index in [0.29, 0.717) is 5.95 Å². The minimum absolute atomic E-state index is 0.293. The quantitative estimate of drug-likeness (QED) is 0.419. The molecule has 0 spiro atoms. The third-order valence-corrected chi connectivity index (χ3v) is 6.34. The number of aromatic nitrogens is 3. The van der Waals surface area contributed by atoms with E-state index in [9.17, 15) is 4.39 Å². The zero-order chi connectivity index (χ0) is 23.6. The van der Waals surface area contributed by atoms with Crippen LogP contribution in [0.2, 0.25) is 0 Å². The normalized spacial score (nSPS) is 16.6. The summed E-state index contributed by atoms with van der Waals surface area (Å²) in [7, 11) is 1.78. The molecule has 8 nitrogen and oxygen atoms in total. The molecule has 1 aliphatic rings. The van der Waals surface area contributed by atoms with E-state index in [1.54, 1.807) is 36.3 Å². The highest BCUT2D eigenvalue weighted by atomic mass is 79.9. The van der Waals surface area contributed by atoms with E-state index in [1.165, 1.54) is 12.1 Å². The van der Waals surface area contributed by atoms with Crippen molar-refractivity contribution in [3.63, 3.8) is 0 Å². The van der Waals surface area contributed by atoms with E-state index in [2.05, 4.69) is 52.5 Å². The van der Waals surface area contributed by atoms with E-state index < -0.39 is 5.54 Å². The molecule has 3 aromatic rings. The molecule has 0 aliphatic carbocycles. The van der Waals surface area contributed by atoms with Crippen molar-refractivity contribution >= 4 is 34.4 Å². The number of nitrogens with two attached hydrogens (primary N) is 1. The Labute approximate surface area is 200 Å². The fourth-order valence-corrected chi connectivity index (χ4v) is 4.37. The van der Waals surface area contributed by atoms with Crippen LogP contribution in [0, 0.1) is 5.82 Å². The van der Waals surface area contributed by atoms with Gasteiger partial charge in [-0.05, 0) is 46.6 Å². The summed E-state index contributed by atoms with van der Waals surface area (Å²) in [6.07, 6.45) is 5.35. The Bertz CT molecular complexity index is 1150. The Hall–Kier alpha value is -3.11. The highest BCUT2D eigenvalue weighted by Crippen LogP contribution is 2.26. The first-order valence-electron chi connectivity index (χ1n) is 10.5. The summed E-state index contributed by atoms with van der Waals surface area (Å²) in [5.74, 6) is 1.22. The van der Waals surface area contributed by atoms with Crippen molar-refractivity contribution in [3.8, 4) is 0 Å². The summed E-state index contributed by atoms with van der Waals surface area (Å²) in [6.45, 7) is 8.54. The van der Waals surface area contributed by atoms with E-state index in [1.807, 2.05) is 19.2 Å². The molecule has 1 aromatic carbocycles. The van der Waals surface area contributed by atoms with Gasteiger partial charge in [-0.2, -0.15) is 5.10 Å². The van der Waals surface area contributed by atoms with Crippen molar-refractivity contribution < 1.29 is 4.39 Å². The molecule has 33 heavy (non-hydrogen) atoms. The fourth-order valence-electron chi connectivity index (χ4n) is 3.96. The largest absolute Gasteiger partial charge is 0.352 e. The van der Waals surface area contributed by atoms with Crippen molar-refractivity contribution in [3.05, 3.63) is 76.0 Å². The molecule has 1 atom stereocenters. The molecule has 1 aliphatic heterocycles. The first-order valence-corrected chi connectivity index (χ1v) is 11.3. The molecule has 2 N–H and O–H groups in total. The van der Waals surface area contributed by atoms with Gasteiger partial charge in [0.1, 0.15) is 17.3 Å². The first-order chi connectivity index (χ1) is 15.8. The average Bonchev–Trinajstić information content (AvgIpc) is 3.20. The second-order valence-electron chi connectivity index (χ2n) is 8.03. The Kier molecular flexibility index (Phi) is 6.57. The van der Waals surface area contributed by atoms with E-state index >= 15 is 0 Å². The summed E-state index contributed by atoms with van der Waals surface area (Å²) in [6, 6.07) is 8.17. The molecular formula is C23H26BrFN8. The van der Waals surface area contributed by atoms with E-state index in [0.717, 1.165) is 53.3 Å². The van der Waals surface area contributed by atoms with Gasteiger partial charge in [0.15, 0.2) is 0 Å². The van der Waals surface area contributed by atoms with Crippen LogP contribution in [0.1, 0.15) is 23.7 Å². The zero-order valence-electron chi connectivity index (χ0n) is 18.6. The maximum absolute atomic E-state index is 13.3. The number of benzene rings is 1. The summed E-state index contributed by atoms with van der Waals surface area (Å²) >= 11 is 3.49. The van der Waals surface area contributed by atoms with Crippen molar-refractivity contribution in [2.24, 2.45) is 15.8 Å². The molecule has 4 rings (SSSR count). The number of halogens is 2. The van der Waals surface area contributed by atoms with Gasteiger partial charge in [0, 0.05) is 68.6 Å². The first kappa shape index (κ1) is 23.1. The van der Waals surface area contributed by atoms with Gasteiger partial charge in [-0.3, -0.25) is 4.99 Å². The molecule has 10 heteroatoms. The summed E-state index contributed by atoms with van der Waals surface area (Å²) in [4.78, 5) is 18.0. The molecule has 0 saturated carbocycles. The van der Waals surface area contributed by atoms with Gasteiger partial charge in [0.05, 0.1) is 5.54 Å². The van der Waals surface area contributed by atoms with Crippen molar-refractivity contribution in [2.75, 3.05) is 38.1 Å². The summed E-state index contributed by atoms with van der Waals surface area (Å²) < 4.78 is 15.9. The van der Waals surface area contributed by atoms with Gasteiger partial charge in [-0.15, -0.1) is 0 Å². The summed E-state index contributed by atoms with van der Waals surface area (Å²) in [5, 5.41) is 4.04. The molecule has 0 radical (unpaired) electrons. The smallest absolute Gasteiger partial charge is 0.225 e. The highest BCUT2D eigenvalue weighted by molar-refractivity contribution is 9.10. The Morgan fingerprint density at radius 3 is 2.33 bits per heavy atom. The van der Waals surface area contributed by atoms with Crippen LogP contribution in [-0.2, 0) is 5.54 Å². The Morgan fingerprint density at radius 2 is 1.76 bits per heavy atom. The average molecular weight is 513 g/mol. The van der Waals surface area contributed by atoms with E-state index in [-0.39, 0.29) is 5.82 Å². The van der Waals surface area contributed by atoms with Gasteiger partial charge in [0.25, 0.3) is 0 Å². The lowest BCUT2D eigenvalue weighted by atomic mass is 9.87. The van der Waals surface area contributed by atoms with Crippen molar-refractivity contribution in [1.82, 2.24) is 19.5 Å². The number of amidine groups is 1. The van der Waals surface area contributed by atoms with Gasteiger partial charge in [0.2, 0.25) is 5.95 Å². The maximum atomic E-state index is 13.3. The molecule has 0 amide bonds. The number of piperazine rings is 1. The minimum Gasteiger partial charge on any atom is -0.352 e. The minimum atomic E-state index is -0.820. The highest BCUT2D eigenvalue weighted by Gasteiger charge is 2.27. The molecule has 3 heterocycles. The standard InChI is InChI=1S/C23H26BrFN8/c1-23(26,16-4-6-19(25)7-5-16)17-13-29-22(30-14-17)32-10-8-31(9-11-32)21(27-2)20-12-18(24)15-33(20)28-3/h4-7,12-15H,3,8-11,26H2,1-2H3. The number of aliphatic imine (C=N–C) groups is 1. The van der Waals surface area contributed by atoms with Crippen molar-refractivity contribution in [1.29, 1.82) is 0 Å². The predicted molar refractivity (Wildman–Crippen MR) is 132 cm³/mol. The third kappa shape index (κ3) is 4.67. The van der Waals surface area contributed by atoms with Crippen LogP contribution >= 0.6 is 15.9 Å². The predicted octanol–water partition coefficient (Wildman–Crippen LogP) is 3.06. The molecule has 2 aromatic heterocycles. The molecule has 1 saturated heterocycles.